The Morgan fingerprint density at radius 1 is 1.29 bits per heavy atom. The summed E-state index contributed by atoms with van der Waals surface area (Å²) in [6.07, 6.45) is 3.66. The van der Waals surface area contributed by atoms with Gasteiger partial charge in [-0.3, -0.25) is 4.90 Å². The molecule has 2 fully saturated rings. The van der Waals surface area contributed by atoms with Gasteiger partial charge in [0.2, 0.25) is 0 Å². The summed E-state index contributed by atoms with van der Waals surface area (Å²) in [7, 11) is 0. The number of fused-ring (bicyclic) bond motifs is 1. The first-order chi connectivity index (χ1) is 11.7. The van der Waals surface area contributed by atoms with Crippen LogP contribution in [0.3, 0.4) is 0 Å². The van der Waals surface area contributed by atoms with Crippen molar-refractivity contribution in [3.63, 3.8) is 0 Å². The molecule has 0 aliphatic carbocycles. The number of hydrogen-bond donors (Lipinski definition) is 1. The maximum atomic E-state index is 10.1. The topological polar surface area (TPSA) is 70.3 Å². The lowest BCUT2D eigenvalue weighted by molar-refractivity contribution is 0.111. The number of nitrogens with zero attached hydrogens (tertiary/aromatic N) is 6. The molecule has 24 heavy (non-hydrogen) atoms. The van der Waals surface area contributed by atoms with Crippen molar-refractivity contribution >= 4 is 11.3 Å². The lowest BCUT2D eigenvalue weighted by Crippen LogP contribution is -2.37. The minimum atomic E-state index is 0.0273. The highest BCUT2D eigenvalue weighted by Crippen LogP contribution is 2.42. The Morgan fingerprint density at radius 3 is 2.79 bits per heavy atom. The Hall–Kier alpha value is -1.35. The number of aryl methyl sites for hydroxylation is 1. The van der Waals surface area contributed by atoms with Gasteiger partial charge in [0.15, 0.2) is 0 Å². The van der Waals surface area contributed by atoms with E-state index in [9.17, 15) is 5.11 Å². The zero-order valence-electron chi connectivity index (χ0n) is 14.0. The van der Waals surface area contributed by atoms with Crippen molar-refractivity contribution in [3.05, 3.63) is 28.7 Å². The number of aromatic nitrogens is 4. The van der Waals surface area contributed by atoms with Crippen molar-refractivity contribution in [2.45, 2.75) is 20.0 Å². The van der Waals surface area contributed by atoms with Crippen LogP contribution in [0.25, 0.3) is 0 Å². The summed E-state index contributed by atoms with van der Waals surface area (Å²) >= 11 is 1.71. The molecule has 0 amide bonds. The van der Waals surface area contributed by atoms with Crippen LogP contribution in [0.1, 0.15) is 10.8 Å². The standard InChI is InChI=1S/C16H24N6OS/c1-13-19-18-12-22(13)4-3-20-6-14-7-21(8-15-17-2-5-24-15)10-16(14,9-20)11-23/h2,5,12,14,23H,3-4,6-11H2,1H3. The van der Waals surface area contributed by atoms with Gasteiger partial charge < -0.3 is 14.6 Å². The first kappa shape index (κ1) is 16.1. The molecule has 0 spiro atoms. The highest BCUT2D eigenvalue weighted by molar-refractivity contribution is 7.09. The van der Waals surface area contributed by atoms with E-state index in [-0.39, 0.29) is 12.0 Å². The number of rotatable bonds is 6. The molecule has 0 bridgehead atoms. The average Bonchev–Trinajstić information content (AvgIpc) is 3.30. The van der Waals surface area contributed by atoms with Gasteiger partial charge in [-0.05, 0) is 12.8 Å². The zero-order valence-corrected chi connectivity index (χ0v) is 14.8. The smallest absolute Gasteiger partial charge is 0.129 e. The Bertz CT molecular complexity index is 674. The van der Waals surface area contributed by atoms with Crippen molar-refractivity contribution < 1.29 is 5.11 Å². The van der Waals surface area contributed by atoms with Gasteiger partial charge in [-0.15, -0.1) is 21.5 Å². The Balaban J connectivity index is 1.35. The van der Waals surface area contributed by atoms with Gasteiger partial charge in [0.25, 0.3) is 0 Å². The van der Waals surface area contributed by atoms with Crippen LogP contribution in [-0.4, -0.2) is 74.0 Å². The molecule has 2 aromatic heterocycles. The molecule has 130 valence electrons. The third-order valence-electron chi connectivity index (χ3n) is 5.52. The van der Waals surface area contributed by atoms with Crippen molar-refractivity contribution in [1.82, 2.24) is 29.5 Å². The van der Waals surface area contributed by atoms with Crippen LogP contribution in [-0.2, 0) is 13.1 Å². The first-order valence-electron chi connectivity index (χ1n) is 8.47. The lowest BCUT2D eigenvalue weighted by Gasteiger charge is -2.27. The van der Waals surface area contributed by atoms with Gasteiger partial charge in [-0.25, -0.2) is 4.98 Å². The Labute approximate surface area is 145 Å². The van der Waals surface area contributed by atoms with Gasteiger partial charge >= 0.3 is 0 Å². The van der Waals surface area contributed by atoms with Crippen molar-refractivity contribution in [2.75, 3.05) is 39.3 Å². The summed E-state index contributed by atoms with van der Waals surface area (Å²) in [5, 5.41) is 21.3. The number of hydrogen-bond acceptors (Lipinski definition) is 7. The van der Waals surface area contributed by atoms with E-state index in [1.54, 1.807) is 17.7 Å². The molecule has 0 aromatic carbocycles. The first-order valence-corrected chi connectivity index (χ1v) is 9.35. The van der Waals surface area contributed by atoms with Crippen LogP contribution in [0.4, 0.5) is 0 Å². The highest BCUT2D eigenvalue weighted by atomic mass is 32.1. The van der Waals surface area contributed by atoms with Crippen LogP contribution in [0.15, 0.2) is 17.9 Å². The number of aliphatic hydroxyl groups excluding tert-OH is 1. The largest absolute Gasteiger partial charge is 0.396 e. The fourth-order valence-electron chi connectivity index (χ4n) is 4.22. The van der Waals surface area contributed by atoms with E-state index in [2.05, 4.69) is 29.5 Å². The maximum Gasteiger partial charge on any atom is 0.129 e. The number of likely N-dealkylation sites (tertiary alicyclic amines) is 2. The summed E-state index contributed by atoms with van der Waals surface area (Å²) in [4.78, 5) is 9.34. The predicted octanol–water partition coefficient (Wildman–Crippen LogP) is 0.469. The molecule has 2 atom stereocenters. The van der Waals surface area contributed by atoms with Crippen LogP contribution in [0, 0.1) is 18.3 Å². The second-order valence-corrected chi connectivity index (χ2v) is 8.10. The van der Waals surface area contributed by atoms with E-state index in [4.69, 9.17) is 0 Å². The minimum Gasteiger partial charge on any atom is -0.396 e. The molecule has 4 heterocycles. The lowest BCUT2D eigenvalue weighted by atomic mass is 9.82. The molecule has 7 nitrogen and oxygen atoms in total. The maximum absolute atomic E-state index is 10.1. The molecule has 0 radical (unpaired) electrons. The second-order valence-electron chi connectivity index (χ2n) is 7.12. The highest BCUT2D eigenvalue weighted by Gasteiger charge is 2.51. The summed E-state index contributed by atoms with van der Waals surface area (Å²) in [5.74, 6) is 1.50. The van der Waals surface area contributed by atoms with E-state index in [0.29, 0.717) is 5.92 Å². The summed E-state index contributed by atoms with van der Waals surface area (Å²) in [6, 6.07) is 0. The van der Waals surface area contributed by atoms with Gasteiger partial charge in [0.05, 0.1) is 13.2 Å². The van der Waals surface area contributed by atoms with Crippen LogP contribution in [0.5, 0.6) is 0 Å². The molecule has 0 saturated carbocycles. The van der Waals surface area contributed by atoms with Crippen molar-refractivity contribution in [1.29, 1.82) is 0 Å². The molecular formula is C16H24N6OS. The molecule has 8 heteroatoms. The predicted molar refractivity (Wildman–Crippen MR) is 91.6 cm³/mol. The van der Waals surface area contributed by atoms with Crippen LogP contribution in [0.2, 0.25) is 0 Å². The summed E-state index contributed by atoms with van der Waals surface area (Å²) in [5.41, 5.74) is 0.0273. The normalized spacial score (nSPS) is 27.8. The van der Waals surface area contributed by atoms with Crippen molar-refractivity contribution in [3.8, 4) is 0 Å². The molecule has 2 unspecified atom stereocenters. The van der Waals surface area contributed by atoms with Crippen LogP contribution >= 0.6 is 11.3 Å². The summed E-state index contributed by atoms with van der Waals surface area (Å²) < 4.78 is 2.09. The molecule has 2 saturated heterocycles. The fourth-order valence-corrected chi connectivity index (χ4v) is 4.88. The third kappa shape index (κ3) is 2.99. The quantitative estimate of drug-likeness (QED) is 0.818. The average molecular weight is 348 g/mol. The molecule has 2 aromatic rings. The molecule has 1 N–H and O–H groups in total. The fraction of sp³-hybridized carbons (Fsp3) is 0.688. The van der Waals surface area contributed by atoms with Gasteiger partial charge in [-0.2, -0.15) is 0 Å². The van der Waals surface area contributed by atoms with Gasteiger partial charge in [0.1, 0.15) is 17.2 Å². The molecular weight excluding hydrogens is 324 g/mol. The zero-order chi connectivity index (χ0) is 16.6. The minimum absolute atomic E-state index is 0.0273. The molecule has 2 aliphatic heterocycles. The molecule has 4 rings (SSSR count). The number of aliphatic hydroxyl groups is 1. The van der Waals surface area contributed by atoms with E-state index >= 15 is 0 Å². The van der Waals surface area contributed by atoms with Gasteiger partial charge in [0, 0.05) is 56.3 Å². The van der Waals surface area contributed by atoms with E-state index in [1.807, 2.05) is 18.5 Å². The Kier molecular flexibility index (Phi) is 4.38. The van der Waals surface area contributed by atoms with Crippen molar-refractivity contribution in [2.24, 2.45) is 11.3 Å². The third-order valence-corrected chi connectivity index (χ3v) is 6.29. The number of thiazole rings is 1. The van der Waals surface area contributed by atoms with E-state index < -0.39 is 0 Å². The van der Waals surface area contributed by atoms with E-state index in [1.165, 1.54) is 5.01 Å². The Morgan fingerprint density at radius 2 is 2.12 bits per heavy atom. The summed E-state index contributed by atoms with van der Waals surface area (Å²) in [6.45, 7) is 9.14. The second kappa shape index (κ2) is 6.51. The van der Waals surface area contributed by atoms with Gasteiger partial charge in [-0.1, -0.05) is 0 Å². The SMILES string of the molecule is Cc1nncn1CCN1CC2CN(Cc3nccs3)CC2(CO)C1. The van der Waals surface area contributed by atoms with Crippen LogP contribution < -0.4 is 0 Å². The molecule has 2 aliphatic rings. The monoisotopic (exact) mass is 348 g/mol. The van der Waals surface area contributed by atoms with E-state index in [0.717, 1.165) is 51.6 Å².